The zero-order valence-electron chi connectivity index (χ0n) is 10.9. The van der Waals surface area contributed by atoms with Crippen LogP contribution in [-0.4, -0.2) is 5.91 Å². The lowest BCUT2D eigenvalue weighted by Gasteiger charge is -2.07. The molecule has 0 radical (unpaired) electrons. The second-order valence-electron chi connectivity index (χ2n) is 4.23. The monoisotopic (exact) mass is 296 g/mol. The number of nitrogen functional groups attached to an aromatic ring is 1. The normalized spacial score (nSPS) is 10.6. The summed E-state index contributed by atoms with van der Waals surface area (Å²) in [5.41, 5.74) is 4.45. The van der Waals surface area contributed by atoms with Crippen molar-refractivity contribution in [2.75, 3.05) is 5.73 Å². The number of carbonyl (C=O) groups is 1. The second-order valence-corrected chi connectivity index (χ2v) is 5.48. The average molecular weight is 296 g/mol. The van der Waals surface area contributed by atoms with Crippen LogP contribution in [0.15, 0.2) is 24.3 Å². The molecule has 20 heavy (non-hydrogen) atoms. The van der Waals surface area contributed by atoms with Crippen LogP contribution < -0.4 is 11.1 Å². The number of benzene rings is 1. The molecule has 1 amide bonds. The summed E-state index contributed by atoms with van der Waals surface area (Å²) in [5.74, 6) is -2.75. The highest BCUT2D eigenvalue weighted by molar-refractivity contribution is 7.11. The molecule has 106 valence electrons. The standard InChI is InChI=1S/C14H14F2N2OS/c1-2-8-3-4-9(20-8)7-18-14(19)12-10(15)5-6-11(17)13(12)16/h3-6H,2,7,17H2,1H3,(H,18,19). The van der Waals surface area contributed by atoms with Crippen molar-refractivity contribution in [3.8, 4) is 0 Å². The summed E-state index contributed by atoms with van der Waals surface area (Å²) in [5, 5.41) is 2.50. The maximum Gasteiger partial charge on any atom is 0.257 e. The van der Waals surface area contributed by atoms with Crippen molar-refractivity contribution in [3.05, 3.63) is 51.2 Å². The van der Waals surface area contributed by atoms with Gasteiger partial charge in [0.25, 0.3) is 5.91 Å². The first-order valence-electron chi connectivity index (χ1n) is 6.12. The van der Waals surface area contributed by atoms with E-state index in [1.165, 1.54) is 4.88 Å². The number of hydrogen-bond donors (Lipinski definition) is 2. The molecule has 0 saturated carbocycles. The van der Waals surface area contributed by atoms with Gasteiger partial charge in [-0.05, 0) is 30.7 Å². The molecule has 0 saturated heterocycles. The van der Waals surface area contributed by atoms with Crippen LogP contribution in [0, 0.1) is 11.6 Å². The van der Waals surface area contributed by atoms with Crippen molar-refractivity contribution in [2.45, 2.75) is 19.9 Å². The minimum atomic E-state index is -1.03. The highest BCUT2D eigenvalue weighted by Crippen LogP contribution is 2.20. The Balaban J connectivity index is 2.11. The topological polar surface area (TPSA) is 55.1 Å². The maximum atomic E-state index is 13.7. The summed E-state index contributed by atoms with van der Waals surface area (Å²) in [6.45, 7) is 2.27. The van der Waals surface area contributed by atoms with Crippen LogP contribution in [0.25, 0.3) is 0 Å². The fraction of sp³-hybridized carbons (Fsp3) is 0.214. The van der Waals surface area contributed by atoms with E-state index in [1.54, 1.807) is 11.3 Å². The highest BCUT2D eigenvalue weighted by atomic mass is 32.1. The molecule has 1 aromatic heterocycles. The Morgan fingerprint density at radius 1 is 1.25 bits per heavy atom. The summed E-state index contributed by atoms with van der Waals surface area (Å²) >= 11 is 1.55. The van der Waals surface area contributed by atoms with Gasteiger partial charge in [-0.3, -0.25) is 4.79 Å². The maximum absolute atomic E-state index is 13.7. The Morgan fingerprint density at radius 3 is 2.60 bits per heavy atom. The van der Waals surface area contributed by atoms with Crippen LogP contribution in [0.1, 0.15) is 27.0 Å². The smallest absolute Gasteiger partial charge is 0.257 e. The molecule has 0 aliphatic heterocycles. The molecule has 0 spiro atoms. The van der Waals surface area contributed by atoms with Crippen LogP contribution in [0.4, 0.5) is 14.5 Å². The van der Waals surface area contributed by atoms with Gasteiger partial charge < -0.3 is 11.1 Å². The van der Waals surface area contributed by atoms with Crippen LogP contribution in [-0.2, 0) is 13.0 Å². The van der Waals surface area contributed by atoms with Gasteiger partial charge in [-0.2, -0.15) is 0 Å². The number of rotatable bonds is 4. The summed E-state index contributed by atoms with van der Waals surface area (Å²) in [6, 6.07) is 5.92. The summed E-state index contributed by atoms with van der Waals surface area (Å²) in [4.78, 5) is 14.0. The SMILES string of the molecule is CCc1ccc(CNC(=O)c2c(F)ccc(N)c2F)s1. The second kappa shape index (κ2) is 6.00. The minimum Gasteiger partial charge on any atom is -0.396 e. The van der Waals surface area contributed by atoms with E-state index in [2.05, 4.69) is 5.32 Å². The number of aryl methyl sites for hydroxylation is 1. The Labute approximate surface area is 119 Å². The number of nitrogens with two attached hydrogens (primary N) is 1. The van der Waals surface area contributed by atoms with Crippen LogP contribution >= 0.6 is 11.3 Å². The molecular weight excluding hydrogens is 282 g/mol. The first kappa shape index (κ1) is 14.5. The summed E-state index contributed by atoms with van der Waals surface area (Å²) < 4.78 is 27.2. The van der Waals surface area contributed by atoms with E-state index in [9.17, 15) is 13.6 Å². The molecule has 3 N–H and O–H groups in total. The Hall–Kier alpha value is -1.95. The Kier molecular flexibility index (Phi) is 4.34. The van der Waals surface area contributed by atoms with E-state index in [1.807, 2.05) is 19.1 Å². The molecule has 6 heteroatoms. The molecule has 0 aliphatic rings. The first-order chi connectivity index (χ1) is 9.52. The van der Waals surface area contributed by atoms with Gasteiger partial charge in [0, 0.05) is 9.75 Å². The minimum absolute atomic E-state index is 0.233. The van der Waals surface area contributed by atoms with E-state index < -0.39 is 23.1 Å². The van der Waals surface area contributed by atoms with Crippen molar-refractivity contribution in [1.29, 1.82) is 0 Å². The third-order valence-corrected chi connectivity index (χ3v) is 4.07. The predicted octanol–water partition coefficient (Wildman–Crippen LogP) is 3.10. The van der Waals surface area contributed by atoms with Crippen molar-refractivity contribution in [1.82, 2.24) is 5.32 Å². The van der Waals surface area contributed by atoms with Crippen molar-refractivity contribution in [3.63, 3.8) is 0 Å². The Bertz CT molecular complexity index is 640. The summed E-state index contributed by atoms with van der Waals surface area (Å²) in [6.07, 6.45) is 0.914. The number of hydrogen-bond acceptors (Lipinski definition) is 3. The van der Waals surface area contributed by atoms with E-state index in [0.29, 0.717) is 0 Å². The molecule has 0 atom stereocenters. The highest BCUT2D eigenvalue weighted by Gasteiger charge is 2.19. The van der Waals surface area contributed by atoms with E-state index >= 15 is 0 Å². The number of halogens is 2. The molecule has 2 aromatic rings. The molecule has 1 aromatic carbocycles. The molecule has 0 bridgehead atoms. The van der Waals surface area contributed by atoms with Gasteiger partial charge in [-0.1, -0.05) is 6.92 Å². The van der Waals surface area contributed by atoms with Gasteiger partial charge in [-0.15, -0.1) is 11.3 Å². The fourth-order valence-electron chi connectivity index (χ4n) is 1.74. The van der Waals surface area contributed by atoms with Gasteiger partial charge in [0.15, 0.2) is 5.82 Å². The lowest BCUT2D eigenvalue weighted by atomic mass is 10.1. The molecule has 0 fully saturated rings. The van der Waals surface area contributed by atoms with Gasteiger partial charge in [0.2, 0.25) is 0 Å². The van der Waals surface area contributed by atoms with Gasteiger partial charge in [0.1, 0.15) is 11.4 Å². The van der Waals surface area contributed by atoms with Crippen molar-refractivity contribution >= 4 is 22.9 Å². The number of anilines is 1. The molecule has 0 aliphatic carbocycles. The lowest BCUT2D eigenvalue weighted by molar-refractivity contribution is 0.0943. The van der Waals surface area contributed by atoms with Crippen molar-refractivity contribution in [2.24, 2.45) is 0 Å². The van der Waals surface area contributed by atoms with Gasteiger partial charge >= 0.3 is 0 Å². The zero-order valence-corrected chi connectivity index (χ0v) is 11.7. The molecule has 1 heterocycles. The third-order valence-electron chi connectivity index (χ3n) is 2.84. The zero-order chi connectivity index (χ0) is 14.7. The van der Waals surface area contributed by atoms with Crippen LogP contribution in [0.3, 0.4) is 0 Å². The largest absolute Gasteiger partial charge is 0.396 e. The third kappa shape index (κ3) is 2.96. The molecule has 3 nitrogen and oxygen atoms in total. The number of thiophene rings is 1. The lowest BCUT2D eigenvalue weighted by Crippen LogP contribution is -2.25. The average Bonchev–Trinajstić information content (AvgIpc) is 2.89. The number of carbonyl (C=O) groups excluding carboxylic acids is 1. The number of nitrogens with one attached hydrogen (secondary N) is 1. The quantitative estimate of drug-likeness (QED) is 0.852. The Morgan fingerprint density at radius 2 is 1.95 bits per heavy atom. The van der Waals surface area contributed by atoms with E-state index in [-0.39, 0.29) is 12.2 Å². The fourth-order valence-corrected chi connectivity index (χ4v) is 2.64. The van der Waals surface area contributed by atoms with Crippen LogP contribution in [0.5, 0.6) is 0 Å². The van der Waals surface area contributed by atoms with Gasteiger partial charge in [-0.25, -0.2) is 8.78 Å². The van der Waals surface area contributed by atoms with Crippen molar-refractivity contribution < 1.29 is 13.6 Å². The molecular formula is C14H14F2N2OS. The predicted molar refractivity (Wildman–Crippen MR) is 75.6 cm³/mol. The van der Waals surface area contributed by atoms with Gasteiger partial charge in [0.05, 0.1) is 12.2 Å². The van der Waals surface area contributed by atoms with E-state index in [4.69, 9.17) is 5.73 Å². The summed E-state index contributed by atoms with van der Waals surface area (Å²) in [7, 11) is 0. The molecule has 2 rings (SSSR count). The number of amides is 1. The first-order valence-corrected chi connectivity index (χ1v) is 6.93. The molecule has 0 unspecified atom stereocenters. The van der Waals surface area contributed by atoms with Crippen LogP contribution in [0.2, 0.25) is 0 Å². The van der Waals surface area contributed by atoms with E-state index in [0.717, 1.165) is 23.4 Å².